The molecule has 0 unspecified atom stereocenters. The first kappa shape index (κ1) is 13.8. The molecule has 7 heteroatoms. The molecule has 3 aromatic rings. The van der Waals surface area contributed by atoms with Crippen LogP contribution in [0.1, 0.15) is 34.9 Å². The number of nitrogens with zero attached hydrogens (tertiary/aromatic N) is 2. The van der Waals surface area contributed by atoms with Gasteiger partial charge in [-0.1, -0.05) is 18.2 Å². The molecule has 1 aliphatic heterocycles. The van der Waals surface area contributed by atoms with Crippen LogP contribution in [0.5, 0.6) is 0 Å². The fraction of sp³-hybridized carbons (Fsp3) is 0.312. The average Bonchev–Trinajstić information content (AvgIpc) is 3.21. The highest BCUT2D eigenvalue weighted by molar-refractivity contribution is 6.05. The van der Waals surface area contributed by atoms with Crippen LogP contribution in [0.15, 0.2) is 39.7 Å². The number of furan rings is 1. The predicted molar refractivity (Wildman–Crippen MR) is 83.3 cm³/mol. The van der Waals surface area contributed by atoms with Crippen molar-refractivity contribution in [3.8, 4) is 0 Å². The molecular weight excluding hydrogens is 296 g/mol. The zero-order valence-corrected chi connectivity index (χ0v) is 12.4. The van der Waals surface area contributed by atoms with Crippen molar-refractivity contribution < 1.29 is 9.21 Å². The number of carbonyl (C=O) groups is 1. The summed E-state index contributed by atoms with van der Waals surface area (Å²) >= 11 is 0. The first-order chi connectivity index (χ1) is 11.2. The number of aromatic nitrogens is 3. The Labute approximate surface area is 131 Å². The zero-order chi connectivity index (χ0) is 15.8. The lowest BCUT2D eigenvalue weighted by Crippen LogP contribution is -2.38. The van der Waals surface area contributed by atoms with E-state index in [1.54, 1.807) is 0 Å². The second kappa shape index (κ2) is 5.42. The maximum absolute atomic E-state index is 12.7. The lowest BCUT2D eigenvalue weighted by atomic mass is 9.95. The zero-order valence-electron chi connectivity index (χ0n) is 12.4. The number of H-pyrrole nitrogens is 2. The molecule has 0 spiro atoms. The third-order valence-electron chi connectivity index (χ3n) is 4.40. The Morgan fingerprint density at radius 1 is 1.26 bits per heavy atom. The van der Waals surface area contributed by atoms with Gasteiger partial charge in [-0.2, -0.15) is 5.10 Å². The minimum absolute atomic E-state index is 0.0103. The van der Waals surface area contributed by atoms with Gasteiger partial charge >= 0.3 is 5.69 Å². The summed E-state index contributed by atoms with van der Waals surface area (Å²) in [5.74, 6) is 0.846. The fourth-order valence-electron chi connectivity index (χ4n) is 3.15. The highest BCUT2D eigenvalue weighted by Gasteiger charge is 2.27. The fourth-order valence-corrected chi connectivity index (χ4v) is 3.15. The number of fused-ring (bicyclic) bond motifs is 1. The van der Waals surface area contributed by atoms with Gasteiger partial charge in [0, 0.05) is 24.4 Å². The van der Waals surface area contributed by atoms with E-state index in [2.05, 4.69) is 15.2 Å². The molecule has 7 nitrogen and oxygen atoms in total. The van der Waals surface area contributed by atoms with E-state index in [9.17, 15) is 9.59 Å². The van der Waals surface area contributed by atoms with E-state index in [0.29, 0.717) is 24.5 Å². The molecule has 0 atom stereocenters. The second-order valence-electron chi connectivity index (χ2n) is 5.77. The minimum Gasteiger partial charge on any atom is -0.463 e. The van der Waals surface area contributed by atoms with Crippen LogP contribution >= 0.6 is 0 Å². The number of aromatic amines is 2. The van der Waals surface area contributed by atoms with Gasteiger partial charge in [0.05, 0.1) is 5.56 Å². The van der Waals surface area contributed by atoms with Gasteiger partial charge in [0.1, 0.15) is 17.7 Å². The number of nitrogens with one attached hydrogen (secondary N) is 2. The number of likely N-dealkylation sites (tertiary alicyclic amines) is 1. The predicted octanol–water partition coefficient (Wildman–Crippen LogP) is 1.86. The first-order valence-corrected chi connectivity index (χ1v) is 7.62. The quantitative estimate of drug-likeness (QED) is 0.755. The van der Waals surface area contributed by atoms with E-state index in [4.69, 9.17) is 4.42 Å². The summed E-state index contributed by atoms with van der Waals surface area (Å²) in [6, 6.07) is 7.53. The molecule has 3 heterocycles. The van der Waals surface area contributed by atoms with Crippen LogP contribution in [0, 0.1) is 0 Å². The summed E-state index contributed by atoms with van der Waals surface area (Å²) in [5.41, 5.74) is 1.04. The SMILES string of the molecule is O=C(c1coc2ccccc12)N1CCC(c2n[nH]c(=O)[nH]2)CC1. The third-order valence-corrected chi connectivity index (χ3v) is 4.40. The van der Waals surface area contributed by atoms with Gasteiger partial charge in [0.15, 0.2) is 0 Å². The summed E-state index contributed by atoms with van der Waals surface area (Å²) in [5, 5.41) is 7.22. The van der Waals surface area contributed by atoms with Crippen LogP contribution in [-0.4, -0.2) is 39.1 Å². The number of benzene rings is 1. The van der Waals surface area contributed by atoms with Crippen LogP contribution in [0.3, 0.4) is 0 Å². The normalized spacial score (nSPS) is 16.1. The van der Waals surface area contributed by atoms with Gasteiger partial charge < -0.3 is 9.32 Å². The molecule has 0 aliphatic carbocycles. The summed E-state index contributed by atoms with van der Waals surface area (Å²) in [7, 11) is 0. The smallest absolute Gasteiger partial charge is 0.340 e. The molecule has 1 amide bonds. The summed E-state index contributed by atoms with van der Waals surface area (Å²) in [6.45, 7) is 1.27. The Bertz CT molecular complexity index is 899. The molecule has 1 aromatic carbocycles. The number of piperidine rings is 1. The van der Waals surface area contributed by atoms with E-state index >= 15 is 0 Å². The van der Waals surface area contributed by atoms with Crippen LogP contribution in [0.4, 0.5) is 0 Å². The van der Waals surface area contributed by atoms with Crippen molar-refractivity contribution in [2.24, 2.45) is 0 Å². The minimum atomic E-state index is -0.289. The molecule has 0 radical (unpaired) electrons. The number of rotatable bonds is 2. The van der Waals surface area contributed by atoms with Gasteiger partial charge in [-0.25, -0.2) is 9.89 Å². The number of para-hydroxylation sites is 1. The number of hydrogen-bond acceptors (Lipinski definition) is 4. The van der Waals surface area contributed by atoms with Crippen molar-refractivity contribution in [3.05, 3.63) is 52.4 Å². The van der Waals surface area contributed by atoms with E-state index in [1.165, 1.54) is 6.26 Å². The van der Waals surface area contributed by atoms with E-state index in [0.717, 1.165) is 23.8 Å². The molecule has 2 aromatic heterocycles. The van der Waals surface area contributed by atoms with Crippen molar-refractivity contribution in [1.29, 1.82) is 0 Å². The molecule has 0 bridgehead atoms. The van der Waals surface area contributed by atoms with Crippen molar-refractivity contribution >= 4 is 16.9 Å². The lowest BCUT2D eigenvalue weighted by molar-refractivity contribution is 0.0712. The molecule has 2 N–H and O–H groups in total. The Balaban J connectivity index is 1.50. The highest BCUT2D eigenvalue weighted by Crippen LogP contribution is 2.27. The van der Waals surface area contributed by atoms with Crippen molar-refractivity contribution in [1.82, 2.24) is 20.1 Å². The highest BCUT2D eigenvalue weighted by atomic mass is 16.3. The number of amides is 1. The maximum atomic E-state index is 12.7. The molecule has 1 saturated heterocycles. The summed E-state index contributed by atoms with van der Waals surface area (Å²) in [4.78, 5) is 28.4. The molecule has 23 heavy (non-hydrogen) atoms. The first-order valence-electron chi connectivity index (χ1n) is 7.62. The van der Waals surface area contributed by atoms with Crippen LogP contribution in [-0.2, 0) is 0 Å². The van der Waals surface area contributed by atoms with E-state index < -0.39 is 0 Å². The summed E-state index contributed by atoms with van der Waals surface area (Å²) < 4.78 is 5.45. The van der Waals surface area contributed by atoms with E-state index in [-0.39, 0.29) is 17.5 Å². The number of carbonyl (C=O) groups excluding carboxylic acids is 1. The Morgan fingerprint density at radius 2 is 2.04 bits per heavy atom. The van der Waals surface area contributed by atoms with Crippen molar-refractivity contribution in [2.45, 2.75) is 18.8 Å². The number of hydrogen-bond donors (Lipinski definition) is 2. The third kappa shape index (κ3) is 2.44. The maximum Gasteiger partial charge on any atom is 0.340 e. The van der Waals surface area contributed by atoms with Gasteiger partial charge in [-0.15, -0.1) is 0 Å². The Morgan fingerprint density at radius 3 is 2.78 bits per heavy atom. The van der Waals surface area contributed by atoms with Crippen LogP contribution in [0.2, 0.25) is 0 Å². The van der Waals surface area contributed by atoms with Gasteiger partial charge in [0.25, 0.3) is 5.91 Å². The monoisotopic (exact) mass is 312 g/mol. The van der Waals surface area contributed by atoms with E-state index in [1.807, 2.05) is 29.2 Å². The second-order valence-corrected chi connectivity index (χ2v) is 5.77. The Hall–Kier alpha value is -2.83. The van der Waals surface area contributed by atoms with Gasteiger partial charge in [-0.05, 0) is 18.9 Å². The average molecular weight is 312 g/mol. The standard InChI is InChI=1S/C16H16N4O3/c21-15(12-9-23-13-4-2-1-3-11(12)13)20-7-5-10(6-8-20)14-17-16(22)19-18-14/h1-4,9-10H,5-8H2,(H2,17,18,19,22). The topological polar surface area (TPSA) is 95.0 Å². The van der Waals surface area contributed by atoms with Crippen molar-refractivity contribution in [2.75, 3.05) is 13.1 Å². The molecule has 1 aliphatic rings. The van der Waals surface area contributed by atoms with Gasteiger partial charge in [0.2, 0.25) is 0 Å². The van der Waals surface area contributed by atoms with Gasteiger partial charge in [-0.3, -0.25) is 9.78 Å². The van der Waals surface area contributed by atoms with Crippen molar-refractivity contribution in [3.63, 3.8) is 0 Å². The molecule has 4 rings (SSSR count). The summed E-state index contributed by atoms with van der Waals surface area (Å²) in [6.07, 6.45) is 3.09. The lowest BCUT2D eigenvalue weighted by Gasteiger charge is -2.30. The molecule has 118 valence electrons. The largest absolute Gasteiger partial charge is 0.463 e. The molecule has 0 saturated carbocycles. The molecule has 1 fully saturated rings. The molecular formula is C16H16N4O3. The van der Waals surface area contributed by atoms with Crippen LogP contribution < -0.4 is 5.69 Å². The van der Waals surface area contributed by atoms with Crippen LogP contribution in [0.25, 0.3) is 11.0 Å². The Kier molecular flexibility index (Phi) is 3.25.